The van der Waals surface area contributed by atoms with E-state index < -0.39 is 60.2 Å². The third-order valence-corrected chi connectivity index (χ3v) is 6.03. The van der Waals surface area contributed by atoms with Gasteiger partial charge in [-0.1, -0.05) is 0 Å². The molecule has 1 fully saturated rings. The van der Waals surface area contributed by atoms with Gasteiger partial charge in [0.2, 0.25) is 17.7 Å². The summed E-state index contributed by atoms with van der Waals surface area (Å²) >= 11 is 1.43. The van der Waals surface area contributed by atoms with E-state index in [1.165, 1.54) is 29.2 Å². The molecule has 3 amide bonds. The number of amides is 3. The van der Waals surface area contributed by atoms with E-state index in [1.807, 2.05) is 6.26 Å². The van der Waals surface area contributed by atoms with E-state index in [0.717, 1.165) is 0 Å². The monoisotopic (exact) mass is 498 g/mol. The van der Waals surface area contributed by atoms with Gasteiger partial charge in [0.1, 0.15) is 18.1 Å². The van der Waals surface area contributed by atoms with Crippen LogP contribution >= 0.6 is 11.8 Å². The van der Waals surface area contributed by atoms with Crippen LogP contribution in [0.15, 0.2) is 12.5 Å². The van der Waals surface area contributed by atoms with Gasteiger partial charge in [-0.2, -0.15) is 11.8 Å². The van der Waals surface area contributed by atoms with Gasteiger partial charge in [-0.3, -0.25) is 19.2 Å². The highest BCUT2D eigenvalue weighted by molar-refractivity contribution is 7.98. The molecule has 2 heterocycles. The van der Waals surface area contributed by atoms with Gasteiger partial charge in [0, 0.05) is 24.9 Å². The van der Waals surface area contributed by atoms with E-state index in [9.17, 15) is 34.2 Å². The Morgan fingerprint density at radius 1 is 1.24 bits per heavy atom. The maximum Gasteiger partial charge on any atom is 0.326 e. The normalized spacial score (nSPS) is 18.1. The van der Waals surface area contributed by atoms with Crippen LogP contribution in [0.2, 0.25) is 0 Å². The maximum atomic E-state index is 13.1. The number of H-pyrrole nitrogens is 1. The van der Waals surface area contributed by atoms with Gasteiger partial charge in [0.25, 0.3) is 0 Å². The lowest BCUT2D eigenvalue weighted by atomic mass is 10.1. The predicted octanol–water partition coefficient (Wildman–Crippen LogP) is -1.45. The number of aromatic amines is 1. The molecule has 1 aromatic rings. The Kier molecular flexibility index (Phi) is 10.3. The second-order valence-corrected chi connectivity index (χ2v) is 8.90. The Morgan fingerprint density at radius 2 is 1.94 bits per heavy atom. The average Bonchev–Trinajstić information content (AvgIpc) is 3.47. The quantitative estimate of drug-likeness (QED) is 0.186. The second kappa shape index (κ2) is 12.9. The van der Waals surface area contributed by atoms with Crippen molar-refractivity contribution in [1.82, 2.24) is 25.5 Å². The fourth-order valence-corrected chi connectivity index (χ4v) is 4.11. The van der Waals surface area contributed by atoms with Crippen LogP contribution < -0.4 is 16.4 Å². The molecule has 1 aliphatic rings. The molecule has 1 aromatic heterocycles. The Bertz CT molecular complexity index is 881. The van der Waals surface area contributed by atoms with Gasteiger partial charge >= 0.3 is 11.9 Å². The van der Waals surface area contributed by atoms with Crippen LogP contribution in [0.25, 0.3) is 0 Å². The number of nitrogens with one attached hydrogen (secondary N) is 3. The van der Waals surface area contributed by atoms with E-state index >= 15 is 0 Å². The van der Waals surface area contributed by atoms with Gasteiger partial charge < -0.3 is 36.5 Å². The molecular formula is C20H30N6O7S. The third kappa shape index (κ3) is 7.73. The summed E-state index contributed by atoms with van der Waals surface area (Å²) in [7, 11) is 0. The Balaban J connectivity index is 2.11. The minimum Gasteiger partial charge on any atom is -0.481 e. The summed E-state index contributed by atoms with van der Waals surface area (Å²) in [4.78, 5) is 69.1. The summed E-state index contributed by atoms with van der Waals surface area (Å²) in [5.41, 5.74) is 6.46. The molecule has 4 atom stereocenters. The molecule has 7 N–H and O–H groups in total. The Hall–Kier alpha value is -3.13. The molecule has 1 saturated heterocycles. The van der Waals surface area contributed by atoms with Gasteiger partial charge in [-0.05, 0) is 31.3 Å². The van der Waals surface area contributed by atoms with Gasteiger partial charge in [0.15, 0.2) is 0 Å². The number of imidazole rings is 1. The number of rotatable bonds is 13. The average molecular weight is 499 g/mol. The number of thioether (sulfide) groups is 1. The fraction of sp³-hybridized carbons (Fsp3) is 0.600. The second-order valence-electron chi connectivity index (χ2n) is 7.92. The molecule has 0 saturated carbocycles. The van der Waals surface area contributed by atoms with E-state index in [0.29, 0.717) is 24.3 Å². The smallest absolute Gasteiger partial charge is 0.326 e. The van der Waals surface area contributed by atoms with Crippen molar-refractivity contribution in [3.05, 3.63) is 18.2 Å². The van der Waals surface area contributed by atoms with Gasteiger partial charge in [-0.15, -0.1) is 0 Å². The molecule has 34 heavy (non-hydrogen) atoms. The summed E-state index contributed by atoms with van der Waals surface area (Å²) < 4.78 is 0. The largest absolute Gasteiger partial charge is 0.481 e. The van der Waals surface area contributed by atoms with Crippen LogP contribution in [0.1, 0.15) is 31.4 Å². The molecule has 0 aromatic carbocycles. The SMILES string of the molecule is CSCCC(NC(=O)C(CC(=O)O)NC(=O)C(N)Cc1cnc[nH]1)C(=O)N1CCCC1C(=O)O. The molecule has 0 aliphatic carbocycles. The van der Waals surface area contributed by atoms with E-state index in [4.69, 9.17) is 5.73 Å². The molecule has 188 valence electrons. The van der Waals surface area contributed by atoms with E-state index in [-0.39, 0.29) is 19.4 Å². The summed E-state index contributed by atoms with van der Waals surface area (Å²) in [6.45, 7) is 0.249. The van der Waals surface area contributed by atoms with Crippen molar-refractivity contribution < 1.29 is 34.2 Å². The standard InChI is InChI=1S/C20H30N6O7S/c1-34-6-4-13(19(31)26-5-2-3-15(26)20(32)33)24-18(30)14(8-16(27)28)25-17(29)12(21)7-11-9-22-10-23-11/h9-10,12-15H,2-8,21H2,1H3,(H,22,23)(H,24,30)(H,25,29)(H,27,28)(H,32,33). The highest BCUT2D eigenvalue weighted by atomic mass is 32.2. The first-order valence-corrected chi connectivity index (χ1v) is 12.1. The zero-order valence-electron chi connectivity index (χ0n) is 18.7. The molecule has 13 nitrogen and oxygen atoms in total. The minimum atomic E-state index is -1.48. The topological polar surface area (TPSA) is 208 Å². The van der Waals surface area contributed by atoms with Crippen molar-refractivity contribution >= 4 is 41.4 Å². The highest BCUT2D eigenvalue weighted by Crippen LogP contribution is 2.20. The molecule has 4 unspecified atom stereocenters. The zero-order valence-corrected chi connectivity index (χ0v) is 19.5. The Labute approximate surface area is 200 Å². The first-order valence-electron chi connectivity index (χ1n) is 10.7. The molecule has 0 spiro atoms. The number of nitrogens with two attached hydrogens (primary N) is 1. The first kappa shape index (κ1) is 27.1. The number of carboxylic acids is 2. The van der Waals surface area contributed by atoms with Crippen LogP contribution in [-0.2, 0) is 30.4 Å². The molecule has 0 radical (unpaired) electrons. The lowest BCUT2D eigenvalue weighted by Crippen LogP contribution is -2.57. The minimum absolute atomic E-state index is 0.0909. The van der Waals surface area contributed by atoms with Crippen molar-refractivity contribution in [1.29, 1.82) is 0 Å². The lowest BCUT2D eigenvalue weighted by molar-refractivity contribution is -0.149. The first-order chi connectivity index (χ1) is 16.1. The van der Waals surface area contributed by atoms with Crippen molar-refractivity contribution in [3.8, 4) is 0 Å². The highest BCUT2D eigenvalue weighted by Gasteiger charge is 2.38. The van der Waals surface area contributed by atoms with Gasteiger partial charge in [0.05, 0.1) is 18.8 Å². The van der Waals surface area contributed by atoms with Gasteiger partial charge in [-0.25, -0.2) is 9.78 Å². The van der Waals surface area contributed by atoms with E-state index in [2.05, 4.69) is 20.6 Å². The van der Waals surface area contributed by atoms with Crippen molar-refractivity contribution in [2.24, 2.45) is 5.73 Å². The number of aromatic nitrogens is 2. The van der Waals surface area contributed by atoms with Crippen molar-refractivity contribution in [2.75, 3.05) is 18.6 Å². The number of nitrogens with zero attached hydrogens (tertiary/aromatic N) is 2. The number of aliphatic carboxylic acids is 2. The van der Waals surface area contributed by atoms with Crippen LogP contribution in [-0.4, -0.2) is 97.5 Å². The van der Waals surface area contributed by atoms with E-state index in [1.54, 1.807) is 0 Å². The molecular weight excluding hydrogens is 468 g/mol. The number of hydrogen-bond donors (Lipinski definition) is 6. The lowest BCUT2D eigenvalue weighted by Gasteiger charge is -2.28. The summed E-state index contributed by atoms with van der Waals surface area (Å²) in [5.74, 6) is -4.12. The third-order valence-electron chi connectivity index (χ3n) is 5.39. The summed E-state index contributed by atoms with van der Waals surface area (Å²) in [6.07, 6.45) is 5.14. The fourth-order valence-electron chi connectivity index (χ4n) is 3.64. The predicted molar refractivity (Wildman–Crippen MR) is 122 cm³/mol. The van der Waals surface area contributed by atoms with Crippen LogP contribution in [0.3, 0.4) is 0 Å². The zero-order chi connectivity index (χ0) is 25.3. The van der Waals surface area contributed by atoms with Crippen LogP contribution in [0, 0.1) is 0 Å². The van der Waals surface area contributed by atoms with Crippen molar-refractivity contribution in [2.45, 2.75) is 56.3 Å². The number of hydrogen-bond acceptors (Lipinski definition) is 8. The number of carbonyl (C=O) groups excluding carboxylic acids is 3. The summed E-state index contributed by atoms with van der Waals surface area (Å²) in [5, 5.41) is 23.5. The molecule has 2 rings (SSSR count). The maximum absolute atomic E-state index is 13.1. The molecule has 1 aliphatic heterocycles. The molecule has 14 heteroatoms. The molecule has 0 bridgehead atoms. The van der Waals surface area contributed by atoms with Crippen molar-refractivity contribution in [3.63, 3.8) is 0 Å². The van der Waals surface area contributed by atoms with Crippen LogP contribution in [0.5, 0.6) is 0 Å². The number of carbonyl (C=O) groups is 5. The van der Waals surface area contributed by atoms with Crippen LogP contribution in [0.4, 0.5) is 0 Å². The number of carboxylic acid groups (broad SMARTS) is 2. The summed E-state index contributed by atoms with van der Waals surface area (Å²) in [6, 6.07) is -4.58. The number of likely N-dealkylation sites (tertiary alicyclic amines) is 1. The Morgan fingerprint density at radius 3 is 2.53 bits per heavy atom.